The fraction of sp³-hybridized carbons (Fsp3) is 0.364. The molecule has 0 spiro atoms. The zero-order valence-electron chi connectivity index (χ0n) is 8.05. The molecule has 0 fully saturated rings. The highest BCUT2D eigenvalue weighted by atomic mass is 35.5. The number of carbonyl (C=O) groups is 1. The van der Waals surface area contributed by atoms with Gasteiger partial charge in [-0.1, -0.05) is 29.8 Å². The second kappa shape index (κ2) is 6.37. The van der Waals surface area contributed by atoms with E-state index in [9.17, 15) is 4.79 Å². The van der Waals surface area contributed by atoms with Crippen LogP contribution in [0.2, 0.25) is 5.02 Å². The van der Waals surface area contributed by atoms with Gasteiger partial charge in [0.25, 0.3) is 0 Å². The first kappa shape index (κ1) is 12.8. The molecule has 4 heteroatoms. The van der Waals surface area contributed by atoms with Gasteiger partial charge in [-0.25, -0.2) is 0 Å². The number of Topliss-reactive ketones (excluding diaryl/α,β-unsaturated/α-hetero) is 1. The van der Waals surface area contributed by atoms with Gasteiger partial charge in [0.2, 0.25) is 0 Å². The molecule has 0 aliphatic rings. The molecule has 1 atom stereocenters. The highest BCUT2D eigenvalue weighted by Gasteiger charge is 2.15. The zero-order valence-corrected chi connectivity index (χ0v) is 10.3. The van der Waals surface area contributed by atoms with Crippen LogP contribution in [0.5, 0.6) is 0 Å². The van der Waals surface area contributed by atoms with E-state index in [1.165, 1.54) is 0 Å². The molecule has 1 aromatic carbocycles. The van der Waals surface area contributed by atoms with Gasteiger partial charge in [0.1, 0.15) is 0 Å². The highest BCUT2D eigenvalue weighted by Crippen LogP contribution is 2.17. The van der Waals surface area contributed by atoms with Crippen LogP contribution >= 0.6 is 34.8 Å². The van der Waals surface area contributed by atoms with E-state index in [1.54, 1.807) is 6.07 Å². The Morgan fingerprint density at radius 2 is 2.00 bits per heavy atom. The van der Waals surface area contributed by atoms with Crippen molar-refractivity contribution < 1.29 is 4.79 Å². The van der Waals surface area contributed by atoms with Crippen LogP contribution in [-0.2, 0) is 11.2 Å². The number of halogens is 3. The van der Waals surface area contributed by atoms with Crippen molar-refractivity contribution in [2.45, 2.75) is 18.2 Å². The molecule has 0 aromatic heterocycles. The lowest BCUT2D eigenvalue weighted by molar-refractivity contribution is -0.118. The van der Waals surface area contributed by atoms with Gasteiger partial charge < -0.3 is 0 Å². The number of benzene rings is 1. The van der Waals surface area contributed by atoms with Gasteiger partial charge in [0.15, 0.2) is 5.78 Å². The van der Waals surface area contributed by atoms with Gasteiger partial charge in [0, 0.05) is 17.3 Å². The number of rotatable bonds is 5. The van der Waals surface area contributed by atoms with E-state index >= 15 is 0 Å². The van der Waals surface area contributed by atoms with Crippen LogP contribution in [0, 0.1) is 0 Å². The Bertz CT molecular complexity index is 338. The molecule has 0 N–H and O–H groups in total. The molecule has 0 heterocycles. The number of ketones is 1. The second-order valence-corrected chi connectivity index (χ2v) is 4.49. The third-order valence-corrected chi connectivity index (χ3v) is 3.08. The molecule has 1 rings (SSSR count). The average molecular weight is 266 g/mol. The molecule has 0 saturated carbocycles. The first-order chi connectivity index (χ1) is 7.15. The van der Waals surface area contributed by atoms with Crippen LogP contribution in [0.3, 0.4) is 0 Å². The van der Waals surface area contributed by atoms with Gasteiger partial charge in [0.05, 0.1) is 5.38 Å². The summed E-state index contributed by atoms with van der Waals surface area (Å²) in [5.41, 5.74) is 0.810. The Balaban J connectivity index is 2.62. The van der Waals surface area contributed by atoms with Crippen molar-refractivity contribution in [3.8, 4) is 0 Å². The summed E-state index contributed by atoms with van der Waals surface area (Å²) in [5.74, 6) is 0.355. The minimum atomic E-state index is -0.515. The van der Waals surface area contributed by atoms with Crippen molar-refractivity contribution in [3.05, 3.63) is 34.9 Å². The Labute approximate surface area is 104 Å². The summed E-state index contributed by atoms with van der Waals surface area (Å²) in [6.45, 7) is 0. The van der Waals surface area contributed by atoms with E-state index < -0.39 is 5.38 Å². The maximum absolute atomic E-state index is 11.6. The number of carbonyl (C=O) groups excluding carboxylic acids is 1. The van der Waals surface area contributed by atoms with Crippen LogP contribution in [0.4, 0.5) is 0 Å². The third kappa shape index (κ3) is 4.02. The van der Waals surface area contributed by atoms with Crippen LogP contribution in [-0.4, -0.2) is 17.0 Å². The molecule has 82 valence electrons. The molecule has 15 heavy (non-hydrogen) atoms. The standard InChI is InChI=1S/C11H11Cl3O/c12-6-5-10(14)11(15)7-8-3-1-2-4-9(8)13/h1-4,10H,5-7H2. The molecule has 1 aromatic rings. The normalized spacial score (nSPS) is 12.5. The van der Waals surface area contributed by atoms with Crippen LogP contribution in [0.25, 0.3) is 0 Å². The quantitative estimate of drug-likeness (QED) is 0.742. The van der Waals surface area contributed by atoms with E-state index in [-0.39, 0.29) is 12.2 Å². The van der Waals surface area contributed by atoms with Crippen LogP contribution < -0.4 is 0 Å². The Morgan fingerprint density at radius 1 is 1.33 bits per heavy atom. The third-order valence-electron chi connectivity index (χ3n) is 2.03. The van der Waals surface area contributed by atoms with Crippen LogP contribution in [0.1, 0.15) is 12.0 Å². The molecule has 0 radical (unpaired) electrons. The molecule has 1 unspecified atom stereocenters. The van der Waals surface area contributed by atoms with Crippen molar-refractivity contribution in [2.75, 3.05) is 5.88 Å². The van der Waals surface area contributed by atoms with Crippen molar-refractivity contribution >= 4 is 40.6 Å². The summed E-state index contributed by atoms with van der Waals surface area (Å²) in [5, 5.41) is 0.0827. The highest BCUT2D eigenvalue weighted by molar-refractivity contribution is 6.33. The van der Waals surface area contributed by atoms with E-state index in [0.29, 0.717) is 17.3 Å². The molecule has 0 saturated heterocycles. The molecular weight excluding hydrogens is 254 g/mol. The van der Waals surface area contributed by atoms with Gasteiger partial charge in [-0.2, -0.15) is 0 Å². The Hall–Kier alpha value is -0.240. The van der Waals surface area contributed by atoms with Gasteiger partial charge >= 0.3 is 0 Å². The van der Waals surface area contributed by atoms with Crippen molar-refractivity contribution in [1.29, 1.82) is 0 Å². The number of alkyl halides is 2. The zero-order chi connectivity index (χ0) is 11.3. The molecular formula is C11H11Cl3O. The molecule has 0 aliphatic carbocycles. The van der Waals surface area contributed by atoms with E-state index in [0.717, 1.165) is 5.56 Å². The summed E-state index contributed by atoms with van der Waals surface area (Å²) in [4.78, 5) is 11.6. The number of hydrogen-bond acceptors (Lipinski definition) is 1. The Morgan fingerprint density at radius 3 is 2.60 bits per heavy atom. The SMILES string of the molecule is O=C(Cc1ccccc1Cl)C(Cl)CCCl. The fourth-order valence-corrected chi connectivity index (χ4v) is 1.92. The smallest absolute Gasteiger partial charge is 0.155 e. The Kier molecular flexibility index (Phi) is 5.44. The first-order valence-corrected chi connectivity index (χ1v) is 5.96. The van der Waals surface area contributed by atoms with Gasteiger partial charge in [-0.15, -0.1) is 23.2 Å². The predicted octanol–water partition coefficient (Wildman–Crippen LogP) is 3.69. The first-order valence-electron chi connectivity index (χ1n) is 4.61. The monoisotopic (exact) mass is 264 g/mol. The van der Waals surface area contributed by atoms with Gasteiger partial charge in [-0.3, -0.25) is 4.79 Å². The van der Waals surface area contributed by atoms with Crippen molar-refractivity contribution in [3.63, 3.8) is 0 Å². The van der Waals surface area contributed by atoms with E-state index in [2.05, 4.69) is 0 Å². The average Bonchev–Trinajstić information content (AvgIpc) is 2.21. The number of hydrogen-bond donors (Lipinski definition) is 0. The lowest BCUT2D eigenvalue weighted by Crippen LogP contribution is -2.17. The van der Waals surface area contributed by atoms with Gasteiger partial charge in [-0.05, 0) is 18.1 Å². The van der Waals surface area contributed by atoms with Crippen molar-refractivity contribution in [1.82, 2.24) is 0 Å². The summed E-state index contributed by atoms with van der Waals surface area (Å²) in [7, 11) is 0. The minimum absolute atomic E-state index is 0.0367. The lowest BCUT2D eigenvalue weighted by Gasteiger charge is -2.07. The topological polar surface area (TPSA) is 17.1 Å². The largest absolute Gasteiger partial charge is 0.298 e. The fourth-order valence-electron chi connectivity index (χ4n) is 1.20. The van der Waals surface area contributed by atoms with Crippen LogP contribution in [0.15, 0.2) is 24.3 Å². The molecule has 1 nitrogen and oxygen atoms in total. The summed E-state index contributed by atoms with van der Waals surface area (Å²) >= 11 is 17.3. The van der Waals surface area contributed by atoms with Crippen molar-refractivity contribution in [2.24, 2.45) is 0 Å². The maximum Gasteiger partial charge on any atom is 0.155 e. The predicted molar refractivity (Wildman–Crippen MR) is 65.1 cm³/mol. The molecule has 0 bridgehead atoms. The van der Waals surface area contributed by atoms with E-state index in [4.69, 9.17) is 34.8 Å². The molecule has 0 aliphatic heterocycles. The minimum Gasteiger partial charge on any atom is -0.298 e. The molecule has 0 amide bonds. The lowest BCUT2D eigenvalue weighted by atomic mass is 10.1. The van der Waals surface area contributed by atoms with E-state index in [1.807, 2.05) is 18.2 Å². The summed E-state index contributed by atoms with van der Waals surface area (Å²) < 4.78 is 0. The summed E-state index contributed by atoms with van der Waals surface area (Å²) in [6.07, 6.45) is 0.761. The summed E-state index contributed by atoms with van der Waals surface area (Å²) in [6, 6.07) is 7.26. The maximum atomic E-state index is 11.6. The second-order valence-electron chi connectivity index (χ2n) is 3.18.